The Labute approximate surface area is 108 Å². The Kier molecular flexibility index (Phi) is 2.49. The van der Waals surface area contributed by atoms with Crippen molar-refractivity contribution in [3.63, 3.8) is 0 Å². The van der Waals surface area contributed by atoms with Crippen LogP contribution in [-0.4, -0.2) is 19.0 Å². The van der Waals surface area contributed by atoms with Gasteiger partial charge in [-0.15, -0.1) is 0 Å². The molecule has 0 bridgehead atoms. The molecule has 0 atom stereocenters. The zero-order chi connectivity index (χ0) is 12.9. The quantitative estimate of drug-likeness (QED) is 0.861. The molecule has 96 valence electrons. The summed E-state index contributed by atoms with van der Waals surface area (Å²) < 4.78 is 0. The van der Waals surface area contributed by atoms with Crippen LogP contribution in [0.25, 0.3) is 0 Å². The van der Waals surface area contributed by atoms with E-state index in [1.807, 2.05) is 4.90 Å². The van der Waals surface area contributed by atoms with Crippen LogP contribution in [0, 0.1) is 0 Å². The lowest BCUT2D eigenvalue weighted by atomic mass is 9.81. The molecule has 0 unspecified atom stereocenters. The average Bonchev–Trinajstić information content (AvgIpc) is 2.79. The molecule has 2 N–H and O–H groups in total. The molecule has 0 saturated heterocycles. The largest absolute Gasteiger partial charge is 0.330 e. The highest BCUT2D eigenvalue weighted by atomic mass is 16.2. The maximum absolute atomic E-state index is 11.9. The molecule has 2 aliphatic rings. The maximum Gasteiger partial charge on any atom is 0.227 e. The Hall–Kier alpha value is -1.35. The third kappa shape index (κ3) is 1.57. The monoisotopic (exact) mass is 244 g/mol. The Morgan fingerprint density at radius 2 is 1.89 bits per heavy atom. The van der Waals surface area contributed by atoms with Crippen molar-refractivity contribution in [1.29, 1.82) is 0 Å². The highest BCUT2D eigenvalue weighted by Crippen LogP contribution is 2.39. The lowest BCUT2D eigenvalue weighted by Crippen LogP contribution is -2.33. The summed E-state index contributed by atoms with van der Waals surface area (Å²) in [6, 6.07) is 4.51. The second-order valence-electron chi connectivity index (χ2n) is 6.03. The van der Waals surface area contributed by atoms with E-state index < -0.39 is 0 Å². The van der Waals surface area contributed by atoms with E-state index in [2.05, 4.69) is 26.0 Å². The van der Waals surface area contributed by atoms with Gasteiger partial charge >= 0.3 is 0 Å². The second-order valence-corrected chi connectivity index (χ2v) is 6.03. The molecule has 0 saturated carbocycles. The van der Waals surface area contributed by atoms with Crippen molar-refractivity contribution in [3.05, 3.63) is 28.8 Å². The van der Waals surface area contributed by atoms with E-state index in [1.54, 1.807) is 0 Å². The number of carbonyl (C=O) groups excluding carboxylic acids is 1. The predicted molar refractivity (Wildman–Crippen MR) is 72.9 cm³/mol. The van der Waals surface area contributed by atoms with Gasteiger partial charge in [0.05, 0.1) is 5.69 Å². The number of aryl methyl sites for hydroxylation is 1. The summed E-state index contributed by atoms with van der Waals surface area (Å²) in [6.45, 7) is 5.87. The van der Waals surface area contributed by atoms with Crippen molar-refractivity contribution in [2.45, 2.75) is 38.5 Å². The molecule has 3 nitrogen and oxygen atoms in total. The smallest absolute Gasteiger partial charge is 0.227 e. The van der Waals surface area contributed by atoms with Gasteiger partial charge in [0.25, 0.3) is 0 Å². The molecule has 18 heavy (non-hydrogen) atoms. The first-order valence-corrected chi connectivity index (χ1v) is 6.69. The molecule has 2 aliphatic heterocycles. The first kappa shape index (κ1) is 11.7. The van der Waals surface area contributed by atoms with Crippen LogP contribution in [0.1, 0.15) is 37.0 Å². The molecule has 3 heteroatoms. The average molecular weight is 244 g/mol. The van der Waals surface area contributed by atoms with E-state index >= 15 is 0 Å². The molecule has 0 aliphatic carbocycles. The van der Waals surface area contributed by atoms with Crippen LogP contribution in [0.4, 0.5) is 5.69 Å². The van der Waals surface area contributed by atoms with E-state index in [4.69, 9.17) is 5.73 Å². The van der Waals surface area contributed by atoms with Crippen LogP contribution in [-0.2, 0) is 23.1 Å². The van der Waals surface area contributed by atoms with Crippen LogP contribution >= 0.6 is 0 Å². The van der Waals surface area contributed by atoms with Gasteiger partial charge in [0, 0.05) is 24.9 Å². The molecule has 0 spiro atoms. The van der Waals surface area contributed by atoms with Crippen molar-refractivity contribution in [1.82, 2.24) is 0 Å². The molecule has 1 aromatic carbocycles. The third-order valence-electron chi connectivity index (χ3n) is 4.34. The zero-order valence-corrected chi connectivity index (χ0v) is 11.1. The van der Waals surface area contributed by atoms with Crippen LogP contribution in [0.5, 0.6) is 0 Å². The van der Waals surface area contributed by atoms with Gasteiger partial charge in [-0.3, -0.25) is 4.79 Å². The van der Waals surface area contributed by atoms with Gasteiger partial charge in [-0.25, -0.2) is 0 Å². The predicted octanol–water partition coefficient (Wildman–Crippen LogP) is 1.76. The number of benzene rings is 1. The fraction of sp³-hybridized carbons (Fsp3) is 0.533. The van der Waals surface area contributed by atoms with Crippen molar-refractivity contribution >= 4 is 11.6 Å². The number of nitrogens with zero attached hydrogens (tertiary/aromatic N) is 1. The Bertz CT molecular complexity index is 519. The SMILES string of the molecule is CC(C)(CN)c1cc2c3c(c1)CCN3C(=O)CC2. The van der Waals surface area contributed by atoms with E-state index in [0.29, 0.717) is 13.0 Å². The lowest BCUT2D eigenvalue weighted by molar-refractivity contribution is -0.118. The molecule has 0 aromatic heterocycles. The van der Waals surface area contributed by atoms with E-state index in [9.17, 15) is 4.79 Å². The van der Waals surface area contributed by atoms with Crippen LogP contribution in [0.15, 0.2) is 12.1 Å². The minimum absolute atomic E-state index is 0.0143. The van der Waals surface area contributed by atoms with E-state index in [-0.39, 0.29) is 11.3 Å². The van der Waals surface area contributed by atoms with Gasteiger partial charge in [-0.2, -0.15) is 0 Å². The van der Waals surface area contributed by atoms with Crippen LogP contribution in [0.3, 0.4) is 0 Å². The molecule has 0 radical (unpaired) electrons. The summed E-state index contributed by atoms with van der Waals surface area (Å²) in [5, 5.41) is 0. The number of carbonyl (C=O) groups is 1. The first-order valence-electron chi connectivity index (χ1n) is 6.69. The summed E-state index contributed by atoms with van der Waals surface area (Å²) in [6.07, 6.45) is 2.52. The summed E-state index contributed by atoms with van der Waals surface area (Å²) in [5.41, 5.74) is 11.1. The number of nitrogens with two attached hydrogens (primary N) is 1. The fourth-order valence-corrected chi connectivity index (χ4v) is 2.97. The summed E-state index contributed by atoms with van der Waals surface area (Å²) >= 11 is 0. The summed E-state index contributed by atoms with van der Waals surface area (Å²) in [7, 11) is 0. The minimum Gasteiger partial charge on any atom is -0.330 e. The highest BCUT2D eigenvalue weighted by molar-refractivity contribution is 5.98. The van der Waals surface area contributed by atoms with Gasteiger partial charge in [-0.1, -0.05) is 26.0 Å². The topological polar surface area (TPSA) is 46.3 Å². The minimum atomic E-state index is 0.0143. The molecule has 1 amide bonds. The second kappa shape index (κ2) is 3.82. The van der Waals surface area contributed by atoms with Crippen molar-refractivity contribution in [2.24, 2.45) is 5.73 Å². The summed E-state index contributed by atoms with van der Waals surface area (Å²) in [4.78, 5) is 13.8. The number of rotatable bonds is 2. The highest BCUT2D eigenvalue weighted by Gasteiger charge is 2.33. The third-order valence-corrected chi connectivity index (χ3v) is 4.34. The zero-order valence-electron chi connectivity index (χ0n) is 11.1. The number of hydrogen-bond donors (Lipinski definition) is 1. The Morgan fingerprint density at radius 1 is 1.22 bits per heavy atom. The molecule has 1 aromatic rings. The van der Waals surface area contributed by atoms with Crippen molar-refractivity contribution < 1.29 is 4.79 Å². The Balaban J connectivity index is 2.13. The number of amides is 1. The van der Waals surface area contributed by atoms with Crippen molar-refractivity contribution in [3.8, 4) is 0 Å². The molecular weight excluding hydrogens is 224 g/mol. The number of hydrogen-bond acceptors (Lipinski definition) is 2. The molecular formula is C15H20N2O. The van der Waals surface area contributed by atoms with Gasteiger partial charge in [0.15, 0.2) is 0 Å². The van der Waals surface area contributed by atoms with Crippen molar-refractivity contribution in [2.75, 3.05) is 18.0 Å². The first-order chi connectivity index (χ1) is 8.53. The van der Waals surface area contributed by atoms with Crippen LogP contribution < -0.4 is 10.6 Å². The van der Waals surface area contributed by atoms with E-state index in [1.165, 1.54) is 22.4 Å². The standard InChI is InChI=1S/C15H20N2O/c1-15(2,9-16)12-7-10-3-4-13(18)17-6-5-11(8-12)14(10)17/h7-8H,3-6,9,16H2,1-2H3. The van der Waals surface area contributed by atoms with E-state index in [0.717, 1.165) is 19.4 Å². The van der Waals surface area contributed by atoms with Crippen LogP contribution in [0.2, 0.25) is 0 Å². The van der Waals surface area contributed by atoms with Gasteiger partial charge in [0.1, 0.15) is 0 Å². The Morgan fingerprint density at radius 3 is 2.56 bits per heavy atom. The van der Waals surface area contributed by atoms with Gasteiger partial charge in [0.2, 0.25) is 5.91 Å². The lowest BCUT2D eigenvalue weighted by Gasteiger charge is -2.29. The number of anilines is 1. The fourth-order valence-electron chi connectivity index (χ4n) is 2.97. The molecule has 2 heterocycles. The van der Waals surface area contributed by atoms with Gasteiger partial charge < -0.3 is 10.6 Å². The normalized spacial score (nSPS) is 18.2. The maximum atomic E-state index is 11.9. The molecule has 0 fully saturated rings. The summed E-state index contributed by atoms with van der Waals surface area (Å²) in [5.74, 6) is 0.284. The van der Waals surface area contributed by atoms with Gasteiger partial charge in [-0.05, 0) is 29.5 Å². The molecule has 3 rings (SSSR count).